The number of Topliss-reactive ketones (excluding diaryl/α,β-unsaturated/α-hetero) is 1. The number of ketones is 1. The first-order valence-electron chi connectivity index (χ1n) is 7.98. The zero-order valence-corrected chi connectivity index (χ0v) is 12.8. The van der Waals surface area contributed by atoms with Gasteiger partial charge < -0.3 is 4.74 Å². The Hall–Kier alpha value is -2.24. The van der Waals surface area contributed by atoms with Gasteiger partial charge in [-0.15, -0.1) is 0 Å². The number of nitro benzene ring substituents is 1. The van der Waals surface area contributed by atoms with Crippen molar-refractivity contribution < 1.29 is 19.2 Å². The topological polar surface area (TPSA) is 86.5 Å². The molecule has 2 aliphatic rings. The highest BCUT2D eigenvalue weighted by Crippen LogP contribution is 2.40. The van der Waals surface area contributed by atoms with Gasteiger partial charge in [0.15, 0.2) is 0 Å². The minimum absolute atomic E-state index is 0.0127. The Bertz CT molecular complexity index is 608. The van der Waals surface area contributed by atoms with Crippen LogP contribution in [0.3, 0.4) is 0 Å². The van der Waals surface area contributed by atoms with Crippen LogP contribution in [0.15, 0.2) is 24.3 Å². The Balaban J connectivity index is 1.55. The van der Waals surface area contributed by atoms with Gasteiger partial charge >= 0.3 is 5.97 Å². The van der Waals surface area contributed by atoms with Crippen LogP contribution >= 0.6 is 0 Å². The number of rotatable bonds is 4. The zero-order chi connectivity index (χ0) is 16.4. The van der Waals surface area contributed by atoms with Gasteiger partial charge in [-0.25, -0.2) is 0 Å². The van der Waals surface area contributed by atoms with Crippen molar-refractivity contribution in [3.8, 4) is 0 Å². The van der Waals surface area contributed by atoms with Crippen molar-refractivity contribution in [3.63, 3.8) is 0 Å². The number of nitrogens with zero attached hydrogens (tertiary/aromatic N) is 1. The second kappa shape index (κ2) is 6.48. The molecule has 0 saturated heterocycles. The fourth-order valence-corrected chi connectivity index (χ4v) is 3.66. The minimum atomic E-state index is -0.465. The lowest BCUT2D eigenvalue weighted by molar-refractivity contribution is -0.384. The number of hydrogen-bond acceptors (Lipinski definition) is 5. The Labute approximate surface area is 134 Å². The molecule has 2 bridgehead atoms. The molecule has 6 nitrogen and oxygen atoms in total. The van der Waals surface area contributed by atoms with Gasteiger partial charge in [0.1, 0.15) is 12.4 Å². The van der Waals surface area contributed by atoms with E-state index >= 15 is 0 Å². The zero-order valence-electron chi connectivity index (χ0n) is 12.8. The van der Waals surface area contributed by atoms with Gasteiger partial charge in [-0.1, -0.05) is 6.42 Å². The number of fused-ring (bicyclic) bond motifs is 2. The van der Waals surface area contributed by atoms with Crippen molar-refractivity contribution in [1.82, 2.24) is 0 Å². The summed E-state index contributed by atoms with van der Waals surface area (Å²) in [7, 11) is 0. The molecule has 0 N–H and O–H groups in total. The molecular formula is C17H19NO5. The highest BCUT2D eigenvalue weighted by atomic mass is 16.6. The molecule has 1 aromatic carbocycles. The third-order valence-corrected chi connectivity index (χ3v) is 4.91. The van der Waals surface area contributed by atoms with Crippen LogP contribution in [-0.2, 0) is 20.9 Å². The van der Waals surface area contributed by atoms with Crippen molar-refractivity contribution in [2.45, 2.75) is 38.7 Å². The molecule has 2 aliphatic carbocycles. The lowest BCUT2D eigenvalue weighted by atomic mass is 9.67. The van der Waals surface area contributed by atoms with E-state index in [1.807, 2.05) is 0 Å². The van der Waals surface area contributed by atoms with Gasteiger partial charge in [0.25, 0.3) is 5.69 Å². The Morgan fingerprint density at radius 2 is 1.78 bits per heavy atom. The normalized spacial score (nSPS) is 26.6. The van der Waals surface area contributed by atoms with Gasteiger partial charge in [0, 0.05) is 24.0 Å². The SMILES string of the molecule is O=C(OCc1ccc([N+](=O)[O-])cc1)C1C[C@H]2CCC[C@@H](C1)C2=O. The lowest BCUT2D eigenvalue weighted by Crippen LogP contribution is -2.39. The Morgan fingerprint density at radius 1 is 1.17 bits per heavy atom. The maximum atomic E-state index is 12.2. The number of ether oxygens (including phenoxy) is 1. The highest BCUT2D eigenvalue weighted by molar-refractivity contribution is 5.87. The molecule has 0 aromatic heterocycles. The molecule has 2 saturated carbocycles. The summed E-state index contributed by atoms with van der Waals surface area (Å²) >= 11 is 0. The lowest BCUT2D eigenvalue weighted by Gasteiger charge is -2.36. The van der Waals surface area contributed by atoms with Gasteiger partial charge in [0.2, 0.25) is 0 Å². The summed E-state index contributed by atoms with van der Waals surface area (Å²) in [5.41, 5.74) is 0.731. The number of carbonyl (C=O) groups is 2. The molecule has 122 valence electrons. The van der Waals surface area contributed by atoms with Gasteiger partial charge in [-0.3, -0.25) is 19.7 Å². The molecule has 0 heterocycles. The molecule has 1 unspecified atom stereocenters. The number of carbonyl (C=O) groups excluding carboxylic acids is 2. The molecule has 1 aromatic rings. The quantitative estimate of drug-likeness (QED) is 0.484. The molecule has 2 fully saturated rings. The van der Waals surface area contributed by atoms with E-state index in [2.05, 4.69) is 0 Å². The van der Waals surface area contributed by atoms with Crippen molar-refractivity contribution >= 4 is 17.4 Å². The van der Waals surface area contributed by atoms with E-state index in [-0.39, 0.29) is 36.0 Å². The van der Waals surface area contributed by atoms with Gasteiger partial charge in [-0.2, -0.15) is 0 Å². The third kappa shape index (κ3) is 3.41. The average Bonchev–Trinajstić information content (AvgIpc) is 2.52. The van der Waals surface area contributed by atoms with Crippen molar-refractivity contribution in [3.05, 3.63) is 39.9 Å². The highest BCUT2D eigenvalue weighted by Gasteiger charge is 2.41. The van der Waals surface area contributed by atoms with E-state index in [1.165, 1.54) is 12.1 Å². The average molecular weight is 317 g/mol. The van der Waals surface area contributed by atoms with E-state index < -0.39 is 4.92 Å². The van der Waals surface area contributed by atoms with Gasteiger partial charge in [-0.05, 0) is 43.4 Å². The fourth-order valence-electron chi connectivity index (χ4n) is 3.66. The number of benzene rings is 1. The van der Waals surface area contributed by atoms with E-state index in [1.54, 1.807) is 12.1 Å². The molecule has 0 aliphatic heterocycles. The summed E-state index contributed by atoms with van der Waals surface area (Å²) in [6.07, 6.45) is 4.07. The summed E-state index contributed by atoms with van der Waals surface area (Å²) in [5.74, 6) is -0.0664. The Morgan fingerprint density at radius 3 is 2.35 bits per heavy atom. The van der Waals surface area contributed by atoms with E-state index in [0.29, 0.717) is 18.6 Å². The summed E-state index contributed by atoms with van der Waals surface area (Å²) in [6.45, 7) is 0.108. The minimum Gasteiger partial charge on any atom is -0.461 e. The molecule has 0 amide bonds. The molecule has 0 radical (unpaired) electrons. The second-order valence-electron chi connectivity index (χ2n) is 6.43. The second-order valence-corrected chi connectivity index (χ2v) is 6.43. The van der Waals surface area contributed by atoms with Crippen LogP contribution in [0, 0.1) is 27.9 Å². The van der Waals surface area contributed by atoms with Crippen molar-refractivity contribution in [2.75, 3.05) is 0 Å². The van der Waals surface area contributed by atoms with Crippen LogP contribution in [0.1, 0.15) is 37.7 Å². The molecule has 3 atom stereocenters. The molecule has 23 heavy (non-hydrogen) atoms. The predicted octanol–water partition coefficient (Wildman–Crippen LogP) is 3.03. The van der Waals surface area contributed by atoms with E-state index in [9.17, 15) is 19.7 Å². The first kappa shape index (κ1) is 15.6. The third-order valence-electron chi connectivity index (χ3n) is 4.91. The molecule has 0 spiro atoms. The summed E-state index contributed by atoms with van der Waals surface area (Å²) in [5, 5.41) is 10.6. The van der Waals surface area contributed by atoms with E-state index in [0.717, 1.165) is 24.8 Å². The van der Waals surface area contributed by atoms with Crippen LogP contribution < -0.4 is 0 Å². The molecule has 6 heteroatoms. The summed E-state index contributed by atoms with van der Waals surface area (Å²) < 4.78 is 5.35. The first-order valence-corrected chi connectivity index (χ1v) is 7.98. The first-order chi connectivity index (χ1) is 11.0. The monoisotopic (exact) mass is 317 g/mol. The molecular weight excluding hydrogens is 298 g/mol. The van der Waals surface area contributed by atoms with E-state index in [4.69, 9.17) is 4.74 Å². The van der Waals surface area contributed by atoms with Crippen LogP contribution in [0.5, 0.6) is 0 Å². The van der Waals surface area contributed by atoms with Crippen LogP contribution in [0.2, 0.25) is 0 Å². The van der Waals surface area contributed by atoms with Gasteiger partial charge in [0.05, 0.1) is 10.8 Å². The van der Waals surface area contributed by atoms with Crippen LogP contribution in [0.25, 0.3) is 0 Å². The van der Waals surface area contributed by atoms with Crippen molar-refractivity contribution in [1.29, 1.82) is 0 Å². The number of esters is 1. The standard InChI is InChI=1S/C17H19NO5/c19-16-12-2-1-3-13(16)9-14(8-12)17(20)23-10-11-4-6-15(7-5-11)18(21)22/h4-7,12-14H,1-3,8-10H2/t12-,13+,14?. The Kier molecular flexibility index (Phi) is 4.41. The van der Waals surface area contributed by atoms with Crippen molar-refractivity contribution in [2.24, 2.45) is 17.8 Å². The number of hydrogen-bond donors (Lipinski definition) is 0. The summed E-state index contributed by atoms with van der Waals surface area (Å²) in [6, 6.07) is 5.97. The largest absolute Gasteiger partial charge is 0.461 e. The maximum absolute atomic E-state index is 12.2. The maximum Gasteiger partial charge on any atom is 0.309 e. The smallest absolute Gasteiger partial charge is 0.309 e. The molecule has 3 rings (SSSR count). The number of nitro groups is 1. The van der Waals surface area contributed by atoms with Crippen LogP contribution in [-0.4, -0.2) is 16.7 Å². The predicted molar refractivity (Wildman–Crippen MR) is 81.5 cm³/mol. The fraction of sp³-hybridized carbons (Fsp3) is 0.529. The van der Waals surface area contributed by atoms with Crippen LogP contribution in [0.4, 0.5) is 5.69 Å². The summed E-state index contributed by atoms with van der Waals surface area (Å²) in [4.78, 5) is 34.4. The number of non-ortho nitro benzene ring substituents is 1.